The predicted octanol–water partition coefficient (Wildman–Crippen LogP) is 10.4. The van der Waals surface area contributed by atoms with Crippen LogP contribution in [0.4, 0.5) is 17.1 Å². The molecule has 66 heavy (non-hydrogen) atoms. The normalized spacial score (nSPS) is 17.3. The van der Waals surface area contributed by atoms with Crippen molar-refractivity contribution in [3.8, 4) is 22.6 Å². The molecule has 1 amide bonds. The third kappa shape index (κ3) is 10.1. The van der Waals surface area contributed by atoms with Crippen LogP contribution in [0.3, 0.4) is 0 Å². The zero-order valence-electron chi connectivity index (χ0n) is 37.7. The Hall–Kier alpha value is -5.73. The number of fused-ring (bicyclic) bond motifs is 3. The van der Waals surface area contributed by atoms with Crippen LogP contribution in [0.2, 0.25) is 5.02 Å². The van der Waals surface area contributed by atoms with Crippen molar-refractivity contribution < 1.29 is 22.9 Å². The van der Waals surface area contributed by atoms with Gasteiger partial charge in [-0.3, -0.25) is 19.8 Å². The number of carbonyl (C=O) groups excluding carboxylic acids is 1. The number of rotatable bonds is 15. The fraction of sp³-hybridized carbons (Fsp3) is 0.365. The fourth-order valence-electron chi connectivity index (χ4n) is 9.98. The van der Waals surface area contributed by atoms with Crippen molar-refractivity contribution in [2.24, 2.45) is 5.41 Å². The van der Waals surface area contributed by atoms with Crippen molar-refractivity contribution in [3.05, 3.63) is 146 Å². The number of nitro groups is 1. The molecule has 4 aliphatic rings. The van der Waals surface area contributed by atoms with E-state index < -0.39 is 25.7 Å². The van der Waals surface area contributed by atoms with Gasteiger partial charge in [0.25, 0.3) is 21.6 Å². The van der Waals surface area contributed by atoms with Crippen molar-refractivity contribution >= 4 is 50.2 Å². The predicted molar refractivity (Wildman–Crippen MR) is 262 cm³/mol. The number of amides is 1. The first-order chi connectivity index (χ1) is 31.8. The molecule has 5 aromatic rings. The second-order valence-electron chi connectivity index (χ2n) is 18.8. The van der Waals surface area contributed by atoms with Crippen molar-refractivity contribution in [1.29, 1.82) is 0 Å². The van der Waals surface area contributed by atoms with Gasteiger partial charge >= 0.3 is 0 Å². The van der Waals surface area contributed by atoms with Gasteiger partial charge in [-0.2, -0.15) is 0 Å². The monoisotopic (exact) mass is 928 g/mol. The summed E-state index contributed by atoms with van der Waals surface area (Å²) in [7, 11) is -4.55. The topological polar surface area (TPSA) is 137 Å². The molecule has 0 atom stereocenters. The molecule has 0 unspecified atom stereocenters. The highest BCUT2D eigenvalue weighted by Crippen LogP contribution is 2.46. The summed E-state index contributed by atoms with van der Waals surface area (Å²) < 4.78 is 36.6. The summed E-state index contributed by atoms with van der Waals surface area (Å²) in [4.78, 5) is 32.5. The Labute approximate surface area is 392 Å². The summed E-state index contributed by atoms with van der Waals surface area (Å²) in [6.45, 7) is 12.2. The number of sulfonamides is 1. The van der Waals surface area contributed by atoms with Gasteiger partial charge < -0.3 is 19.9 Å². The van der Waals surface area contributed by atoms with Gasteiger partial charge in [-0.05, 0) is 140 Å². The van der Waals surface area contributed by atoms with Crippen molar-refractivity contribution in [1.82, 2.24) is 14.5 Å². The average molecular weight is 930 g/mol. The van der Waals surface area contributed by atoms with Crippen LogP contribution in [0.15, 0.2) is 114 Å². The lowest BCUT2D eigenvalue weighted by atomic mass is 9.72. The highest BCUT2D eigenvalue weighted by molar-refractivity contribution is 7.90. The standard InChI is InChI=1S/C52H57ClN6O6S/c1-52(2)22-21-39(45(34-52)36-13-15-40(53)16-14-36)35-57-27-29-58(30-28-57)41-17-19-44(49(32-41)65-48-12-7-10-38-31-37-9-3-4-11-43(37)50(38)48)51(60)55-66(63,64)42-18-20-46(47(33-42)59(61)62)54-23-8-26-56-24-5-6-25-56/h3-4,7,9-20,32-33,54H,5-6,8,21-31,34-35H2,1-2H3,(H,55,60). The molecular formula is C52H57ClN6O6S. The van der Waals surface area contributed by atoms with Crippen LogP contribution >= 0.6 is 11.6 Å². The lowest BCUT2D eigenvalue weighted by Gasteiger charge is -2.39. The highest BCUT2D eigenvalue weighted by atomic mass is 35.5. The lowest BCUT2D eigenvalue weighted by Crippen LogP contribution is -2.47. The van der Waals surface area contributed by atoms with Gasteiger partial charge in [0.05, 0.1) is 15.4 Å². The molecule has 0 spiro atoms. The number of nitro benzene ring substituents is 1. The Morgan fingerprint density at radius 2 is 1.61 bits per heavy atom. The molecule has 0 saturated carbocycles. The largest absolute Gasteiger partial charge is 0.456 e. The smallest absolute Gasteiger partial charge is 0.293 e. The van der Waals surface area contributed by atoms with E-state index in [1.165, 1.54) is 47.2 Å². The molecule has 14 heteroatoms. The van der Waals surface area contributed by atoms with E-state index >= 15 is 0 Å². The van der Waals surface area contributed by atoms with Gasteiger partial charge in [0.2, 0.25) is 0 Å². The molecule has 2 fully saturated rings. The molecule has 2 saturated heterocycles. The SMILES string of the molecule is CC1(C)CCC(CN2CCN(c3ccc(C(=O)NS(=O)(=O)c4ccc(NCCCN5CCCC5)c([N+](=O)[O-])c4)c(Oc4cccc5c4-c4ccccc4C5)c3)CC2)=C(c2ccc(Cl)cc2)C1. The lowest BCUT2D eigenvalue weighted by molar-refractivity contribution is -0.384. The molecular weight excluding hydrogens is 872 g/mol. The molecule has 2 N–H and O–H groups in total. The molecule has 12 nitrogen and oxygen atoms in total. The molecule has 0 bridgehead atoms. The third-order valence-corrected chi connectivity index (χ3v) is 15.2. The van der Waals surface area contributed by atoms with Crippen LogP contribution in [0.25, 0.3) is 16.7 Å². The Morgan fingerprint density at radius 3 is 2.38 bits per heavy atom. The van der Waals surface area contributed by atoms with Gasteiger partial charge in [-0.25, -0.2) is 13.1 Å². The number of benzene rings is 5. The quantitative estimate of drug-likeness (QED) is 0.0582. The molecule has 344 valence electrons. The Bertz CT molecular complexity index is 2780. The van der Waals surface area contributed by atoms with E-state index in [0.717, 1.165) is 118 Å². The number of carbonyl (C=O) groups is 1. The van der Waals surface area contributed by atoms with E-state index in [1.54, 1.807) is 6.07 Å². The van der Waals surface area contributed by atoms with Crippen molar-refractivity contribution in [2.45, 2.75) is 63.7 Å². The number of piperazine rings is 1. The summed E-state index contributed by atoms with van der Waals surface area (Å²) in [5.41, 5.74) is 9.29. The van der Waals surface area contributed by atoms with E-state index in [4.69, 9.17) is 16.3 Å². The molecule has 5 aromatic carbocycles. The summed E-state index contributed by atoms with van der Waals surface area (Å²) in [5, 5.41) is 16.0. The maximum atomic E-state index is 14.2. The van der Waals surface area contributed by atoms with Gasteiger partial charge in [0.15, 0.2) is 0 Å². The van der Waals surface area contributed by atoms with Crippen LogP contribution in [0.5, 0.6) is 11.5 Å². The molecule has 0 radical (unpaired) electrons. The van der Waals surface area contributed by atoms with E-state index in [2.05, 4.69) is 68.9 Å². The number of allylic oxidation sites excluding steroid dienone is 1. The number of hydrogen-bond donors (Lipinski definition) is 2. The van der Waals surface area contributed by atoms with Crippen LogP contribution in [0.1, 0.15) is 79.4 Å². The zero-order valence-corrected chi connectivity index (χ0v) is 39.2. The highest BCUT2D eigenvalue weighted by Gasteiger charge is 2.31. The van der Waals surface area contributed by atoms with Gasteiger partial charge in [0.1, 0.15) is 17.2 Å². The molecule has 2 aliphatic heterocycles. The number of nitrogens with zero attached hydrogens (tertiary/aromatic N) is 4. The maximum Gasteiger partial charge on any atom is 0.293 e. The number of halogens is 1. The summed E-state index contributed by atoms with van der Waals surface area (Å²) in [6.07, 6.45) is 7.10. The van der Waals surface area contributed by atoms with Crippen LogP contribution in [-0.2, 0) is 16.4 Å². The van der Waals surface area contributed by atoms with Crippen LogP contribution in [-0.4, -0.2) is 88.0 Å². The summed E-state index contributed by atoms with van der Waals surface area (Å²) in [6, 6.07) is 31.1. The molecule has 0 aromatic heterocycles. The van der Waals surface area contributed by atoms with Crippen molar-refractivity contribution in [2.75, 3.05) is 69.1 Å². The first-order valence-corrected chi connectivity index (χ1v) is 24.9. The van der Waals surface area contributed by atoms with E-state index in [1.807, 2.05) is 48.5 Å². The Balaban J connectivity index is 0.953. The second-order valence-corrected chi connectivity index (χ2v) is 20.9. The molecule has 2 aliphatic carbocycles. The minimum Gasteiger partial charge on any atom is -0.456 e. The first kappa shape index (κ1) is 45.4. The number of anilines is 2. The number of likely N-dealkylation sites (tertiary alicyclic amines) is 1. The van der Waals surface area contributed by atoms with Crippen LogP contribution < -0.4 is 19.7 Å². The van der Waals surface area contributed by atoms with Crippen molar-refractivity contribution in [3.63, 3.8) is 0 Å². The zero-order chi connectivity index (χ0) is 46.0. The maximum absolute atomic E-state index is 14.2. The number of hydrogen-bond acceptors (Lipinski definition) is 10. The number of nitrogens with one attached hydrogen (secondary N) is 2. The molecule has 9 rings (SSSR count). The van der Waals surface area contributed by atoms with E-state index in [-0.39, 0.29) is 28.1 Å². The average Bonchev–Trinajstić information content (AvgIpc) is 3.97. The van der Waals surface area contributed by atoms with Gasteiger partial charge in [-0.1, -0.05) is 79.6 Å². The fourth-order valence-corrected chi connectivity index (χ4v) is 11.1. The minimum absolute atomic E-state index is 0.0116. The summed E-state index contributed by atoms with van der Waals surface area (Å²) in [5.74, 6) is -0.167. The Morgan fingerprint density at radius 1 is 0.848 bits per heavy atom. The minimum atomic E-state index is -4.55. The first-order valence-electron chi connectivity index (χ1n) is 23.1. The summed E-state index contributed by atoms with van der Waals surface area (Å²) >= 11 is 6.27. The van der Waals surface area contributed by atoms with Gasteiger partial charge in [-0.15, -0.1) is 0 Å². The Kier molecular flexibility index (Phi) is 13.2. The van der Waals surface area contributed by atoms with E-state index in [0.29, 0.717) is 12.3 Å². The number of ether oxygens (including phenoxy) is 1. The second kappa shape index (κ2) is 19.2. The van der Waals surface area contributed by atoms with Gasteiger partial charge in [0, 0.05) is 67.7 Å². The molecule has 2 heterocycles. The van der Waals surface area contributed by atoms with E-state index in [9.17, 15) is 23.3 Å². The van der Waals surface area contributed by atoms with Crippen LogP contribution in [0, 0.1) is 15.5 Å². The third-order valence-electron chi connectivity index (χ3n) is 13.6.